The second-order valence-electron chi connectivity index (χ2n) is 7.17. The van der Waals surface area contributed by atoms with Gasteiger partial charge in [-0.25, -0.2) is 0 Å². The Bertz CT molecular complexity index is 423. The van der Waals surface area contributed by atoms with Crippen LogP contribution in [0.1, 0.15) is 25.7 Å². The van der Waals surface area contributed by atoms with E-state index in [4.69, 9.17) is 4.74 Å². The fourth-order valence-corrected chi connectivity index (χ4v) is 4.56. The summed E-state index contributed by atoms with van der Waals surface area (Å²) in [5, 5.41) is 0. The molecule has 0 aromatic heterocycles. The predicted octanol–water partition coefficient (Wildman–Crippen LogP) is 1.52. The summed E-state index contributed by atoms with van der Waals surface area (Å²) in [6.45, 7) is 5.83. The molecule has 0 radical (unpaired) electrons. The molecule has 2 aliphatic heterocycles. The second-order valence-corrected chi connectivity index (χ2v) is 7.17. The van der Waals surface area contributed by atoms with Crippen LogP contribution < -0.4 is 0 Å². The summed E-state index contributed by atoms with van der Waals surface area (Å²) < 4.78 is 5.52. The van der Waals surface area contributed by atoms with Gasteiger partial charge in [0.1, 0.15) is 6.10 Å². The van der Waals surface area contributed by atoms with Crippen LogP contribution >= 0.6 is 0 Å². The fourth-order valence-electron chi connectivity index (χ4n) is 4.56. The van der Waals surface area contributed by atoms with E-state index in [0.717, 1.165) is 63.4 Å². The molecule has 2 bridgehead atoms. The van der Waals surface area contributed by atoms with E-state index in [1.54, 1.807) is 0 Å². The lowest BCUT2D eigenvalue weighted by Crippen LogP contribution is -2.52. The van der Waals surface area contributed by atoms with Crippen LogP contribution in [-0.4, -0.2) is 61.1 Å². The first-order valence-corrected chi connectivity index (χ1v) is 8.60. The molecule has 2 aliphatic carbocycles. The number of hydrogen-bond donors (Lipinski definition) is 0. The molecule has 116 valence electrons. The molecular weight excluding hydrogens is 264 g/mol. The Kier molecular flexibility index (Phi) is 3.76. The van der Waals surface area contributed by atoms with E-state index in [-0.39, 0.29) is 12.0 Å². The zero-order valence-electron chi connectivity index (χ0n) is 12.7. The zero-order chi connectivity index (χ0) is 14.2. The third-order valence-corrected chi connectivity index (χ3v) is 5.80. The molecule has 3 fully saturated rings. The summed E-state index contributed by atoms with van der Waals surface area (Å²) in [6, 6.07) is 0. The van der Waals surface area contributed by atoms with Crippen molar-refractivity contribution in [2.24, 2.45) is 17.8 Å². The van der Waals surface area contributed by atoms with Crippen molar-refractivity contribution in [1.29, 1.82) is 0 Å². The Morgan fingerprint density at radius 3 is 2.62 bits per heavy atom. The molecule has 0 aromatic carbocycles. The minimum Gasteiger partial charge on any atom is -0.368 e. The molecule has 4 rings (SSSR count). The molecule has 0 spiro atoms. The summed E-state index contributed by atoms with van der Waals surface area (Å²) in [7, 11) is 0. The molecule has 1 amide bonds. The SMILES string of the molecule is O=C([C@H]1CCCO1)N1CCN(C[C@@H]2C[C@H]3C=C[C@H]2C3)CC1. The highest BCUT2D eigenvalue weighted by molar-refractivity contribution is 5.81. The maximum atomic E-state index is 12.3. The normalized spacial score (nSPS) is 39.3. The van der Waals surface area contributed by atoms with Gasteiger partial charge in [0.05, 0.1) is 0 Å². The van der Waals surface area contributed by atoms with E-state index in [2.05, 4.69) is 17.1 Å². The molecule has 0 unspecified atom stereocenters. The van der Waals surface area contributed by atoms with Gasteiger partial charge in [-0.15, -0.1) is 0 Å². The van der Waals surface area contributed by atoms with Gasteiger partial charge in [0, 0.05) is 39.3 Å². The summed E-state index contributed by atoms with van der Waals surface area (Å²) in [5.41, 5.74) is 0. The number of ether oxygens (including phenoxy) is 1. The van der Waals surface area contributed by atoms with Gasteiger partial charge in [-0.1, -0.05) is 12.2 Å². The standard InChI is InChI=1S/C17H26N2O2/c20-17(16-2-1-9-21-16)19-7-5-18(6-8-19)12-15-11-13-3-4-14(15)10-13/h3-4,13-16H,1-2,5-12H2/t13-,14-,15-,16+/m0/s1. The molecule has 2 heterocycles. The largest absolute Gasteiger partial charge is 0.368 e. The number of carbonyl (C=O) groups excluding carboxylic acids is 1. The van der Waals surface area contributed by atoms with E-state index in [9.17, 15) is 4.79 Å². The van der Waals surface area contributed by atoms with Gasteiger partial charge < -0.3 is 9.64 Å². The predicted molar refractivity (Wildman–Crippen MR) is 80.8 cm³/mol. The van der Waals surface area contributed by atoms with E-state index in [1.807, 2.05) is 4.90 Å². The van der Waals surface area contributed by atoms with Gasteiger partial charge in [0.2, 0.25) is 0 Å². The molecule has 2 saturated heterocycles. The van der Waals surface area contributed by atoms with Gasteiger partial charge in [0.25, 0.3) is 5.91 Å². The van der Waals surface area contributed by atoms with Gasteiger partial charge in [-0.3, -0.25) is 9.69 Å². The van der Waals surface area contributed by atoms with Crippen molar-refractivity contribution in [2.75, 3.05) is 39.3 Å². The van der Waals surface area contributed by atoms with Gasteiger partial charge >= 0.3 is 0 Å². The Hall–Kier alpha value is -0.870. The Labute approximate surface area is 127 Å². The van der Waals surface area contributed by atoms with Crippen LogP contribution in [0.4, 0.5) is 0 Å². The smallest absolute Gasteiger partial charge is 0.251 e. The molecule has 0 aromatic rings. The minimum absolute atomic E-state index is 0.146. The number of fused-ring (bicyclic) bond motifs is 2. The van der Waals surface area contributed by atoms with Crippen LogP contribution in [0.25, 0.3) is 0 Å². The third-order valence-electron chi connectivity index (χ3n) is 5.80. The Morgan fingerprint density at radius 1 is 1.14 bits per heavy atom. The van der Waals surface area contributed by atoms with Crippen molar-refractivity contribution < 1.29 is 9.53 Å². The van der Waals surface area contributed by atoms with Crippen molar-refractivity contribution in [3.8, 4) is 0 Å². The minimum atomic E-state index is -0.146. The average molecular weight is 290 g/mol. The van der Waals surface area contributed by atoms with E-state index < -0.39 is 0 Å². The van der Waals surface area contributed by atoms with Crippen LogP contribution in [0, 0.1) is 17.8 Å². The quantitative estimate of drug-likeness (QED) is 0.739. The van der Waals surface area contributed by atoms with E-state index in [1.165, 1.54) is 19.4 Å². The van der Waals surface area contributed by atoms with Crippen molar-refractivity contribution in [3.63, 3.8) is 0 Å². The molecule has 1 saturated carbocycles. The Balaban J connectivity index is 1.25. The average Bonchev–Trinajstić information content (AvgIpc) is 3.25. The highest BCUT2D eigenvalue weighted by Gasteiger charge is 2.37. The molecule has 21 heavy (non-hydrogen) atoms. The molecule has 4 heteroatoms. The maximum Gasteiger partial charge on any atom is 0.251 e. The first kappa shape index (κ1) is 13.8. The van der Waals surface area contributed by atoms with Crippen molar-refractivity contribution in [3.05, 3.63) is 12.2 Å². The highest BCUT2D eigenvalue weighted by Crippen LogP contribution is 2.43. The molecular formula is C17H26N2O2. The lowest BCUT2D eigenvalue weighted by Gasteiger charge is -2.37. The number of rotatable bonds is 3. The molecule has 4 aliphatic rings. The van der Waals surface area contributed by atoms with Crippen molar-refractivity contribution >= 4 is 5.91 Å². The monoisotopic (exact) mass is 290 g/mol. The number of piperazine rings is 1. The van der Waals surface area contributed by atoms with Crippen molar-refractivity contribution in [1.82, 2.24) is 9.80 Å². The number of amides is 1. The van der Waals surface area contributed by atoms with E-state index >= 15 is 0 Å². The van der Waals surface area contributed by atoms with E-state index in [0.29, 0.717) is 0 Å². The van der Waals surface area contributed by atoms with Gasteiger partial charge in [-0.05, 0) is 43.4 Å². The molecule has 4 nitrogen and oxygen atoms in total. The van der Waals surface area contributed by atoms with Crippen molar-refractivity contribution in [2.45, 2.75) is 31.8 Å². The lowest BCUT2D eigenvalue weighted by atomic mass is 9.93. The first-order chi connectivity index (χ1) is 10.3. The summed E-state index contributed by atoms with van der Waals surface area (Å²) in [4.78, 5) is 16.9. The van der Waals surface area contributed by atoms with Gasteiger partial charge in [-0.2, -0.15) is 0 Å². The zero-order valence-corrected chi connectivity index (χ0v) is 12.7. The maximum absolute atomic E-state index is 12.3. The molecule has 0 N–H and O–H groups in total. The number of hydrogen-bond acceptors (Lipinski definition) is 3. The summed E-state index contributed by atoms with van der Waals surface area (Å²) >= 11 is 0. The van der Waals surface area contributed by atoms with Crippen LogP contribution in [0.15, 0.2) is 12.2 Å². The number of allylic oxidation sites excluding steroid dienone is 2. The van der Waals surface area contributed by atoms with Crippen LogP contribution in [-0.2, 0) is 9.53 Å². The van der Waals surface area contributed by atoms with Crippen LogP contribution in [0.5, 0.6) is 0 Å². The summed E-state index contributed by atoms with van der Waals surface area (Å²) in [5.74, 6) is 2.79. The van der Waals surface area contributed by atoms with Crippen LogP contribution in [0.2, 0.25) is 0 Å². The number of carbonyl (C=O) groups is 1. The number of nitrogens with zero attached hydrogens (tertiary/aromatic N) is 2. The summed E-state index contributed by atoms with van der Waals surface area (Å²) in [6.07, 6.45) is 9.44. The van der Waals surface area contributed by atoms with Crippen LogP contribution in [0.3, 0.4) is 0 Å². The third kappa shape index (κ3) is 2.76. The molecule has 4 atom stereocenters. The second kappa shape index (κ2) is 5.73. The lowest BCUT2D eigenvalue weighted by molar-refractivity contribution is -0.142. The fraction of sp³-hybridized carbons (Fsp3) is 0.824. The Morgan fingerprint density at radius 2 is 2.00 bits per heavy atom. The first-order valence-electron chi connectivity index (χ1n) is 8.60. The highest BCUT2D eigenvalue weighted by atomic mass is 16.5. The topological polar surface area (TPSA) is 32.8 Å². The van der Waals surface area contributed by atoms with Gasteiger partial charge in [0.15, 0.2) is 0 Å².